The van der Waals surface area contributed by atoms with Gasteiger partial charge in [0.1, 0.15) is 46.0 Å². The van der Waals surface area contributed by atoms with Crippen molar-refractivity contribution in [3.05, 3.63) is 243 Å². The molecule has 8 aromatic carbocycles. The molecule has 0 aliphatic carbocycles. The lowest BCUT2D eigenvalue weighted by Gasteiger charge is -2.35. The zero-order valence-electron chi connectivity index (χ0n) is 38.7. The van der Waals surface area contributed by atoms with E-state index < -0.39 is 63.1 Å². The average molecular weight is 1060 g/mol. The summed E-state index contributed by atoms with van der Waals surface area (Å²) in [5.74, 6) is 0.683. The van der Waals surface area contributed by atoms with Gasteiger partial charge in [-0.15, -0.1) is 0 Å². The lowest BCUT2D eigenvalue weighted by atomic mass is 9.93. The zero-order valence-corrected chi connectivity index (χ0v) is 42.3. The van der Waals surface area contributed by atoms with Gasteiger partial charge < -0.3 is 36.2 Å². The van der Waals surface area contributed by atoms with E-state index in [1.54, 1.807) is 146 Å². The summed E-state index contributed by atoms with van der Waals surface area (Å²) in [4.78, 5) is 0. The van der Waals surface area contributed by atoms with Crippen molar-refractivity contribution in [1.82, 2.24) is 0 Å². The van der Waals surface area contributed by atoms with Crippen LogP contribution in [0.3, 0.4) is 0 Å². The summed E-state index contributed by atoms with van der Waals surface area (Å²) in [5.41, 5.74) is -2.13. The van der Waals surface area contributed by atoms with Crippen LogP contribution in [-0.4, -0.2) is 26.4 Å². The van der Waals surface area contributed by atoms with Gasteiger partial charge in [0.05, 0.1) is 31.8 Å². The average Bonchev–Trinajstić information content (AvgIpc) is 3.40. The summed E-state index contributed by atoms with van der Waals surface area (Å²) < 4.78 is 134. The molecule has 73 heavy (non-hydrogen) atoms. The Labute approximate surface area is 422 Å². The molecule has 376 valence electrons. The second-order valence-electron chi connectivity index (χ2n) is 15.6. The Bertz CT molecular complexity index is 2490. The van der Waals surface area contributed by atoms with Gasteiger partial charge in [-0.3, -0.25) is 18.1 Å². The van der Waals surface area contributed by atoms with Crippen LogP contribution in [0.15, 0.2) is 243 Å². The SMILES string of the molecule is O=P(OCC(COP(=O)(Oc1ccccc1)Oc1ccccc1)(COP(=O)(Oc1ccccc1)Oc1ccccc1)COP(=O)(Oc1ccccc1)Oc1ccccc1)(Oc1ccccc1)Oc1ccccc1. The molecule has 20 heteroatoms. The number of rotatable bonds is 28. The third kappa shape index (κ3) is 16.5. The Hall–Kier alpha value is -7.08. The third-order valence-electron chi connectivity index (χ3n) is 9.80. The van der Waals surface area contributed by atoms with Gasteiger partial charge >= 0.3 is 31.3 Å². The molecule has 0 aromatic heterocycles. The third-order valence-corrected chi connectivity index (χ3v) is 15.1. The second-order valence-corrected chi connectivity index (χ2v) is 21.7. The highest BCUT2D eigenvalue weighted by Crippen LogP contribution is 2.57. The van der Waals surface area contributed by atoms with E-state index >= 15 is 18.3 Å². The Kier molecular flexibility index (Phi) is 17.9. The Balaban J connectivity index is 1.25. The molecule has 0 bridgehead atoms. The first-order chi connectivity index (χ1) is 35.5. The Morgan fingerprint density at radius 2 is 0.342 bits per heavy atom. The smallest absolute Gasteiger partial charge is 0.395 e. The highest BCUT2D eigenvalue weighted by molar-refractivity contribution is 7.50. The van der Waals surface area contributed by atoms with Crippen molar-refractivity contribution in [3.63, 3.8) is 0 Å². The van der Waals surface area contributed by atoms with E-state index in [9.17, 15) is 0 Å². The molecule has 16 nitrogen and oxygen atoms in total. The lowest BCUT2D eigenvalue weighted by molar-refractivity contribution is -0.0247. The highest BCUT2D eigenvalue weighted by atomic mass is 31.2. The van der Waals surface area contributed by atoms with Crippen LogP contribution >= 0.6 is 31.3 Å². The monoisotopic (exact) mass is 1060 g/mol. The van der Waals surface area contributed by atoms with Crippen LogP contribution in [0.4, 0.5) is 0 Å². The molecule has 0 spiro atoms. The molecule has 0 heterocycles. The molecule has 0 saturated heterocycles. The van der Waals surface area contributed by atoms with E-state index in [1.807, 2.05) is 0 Å². The van der Waals surface area contributed by atoms with Crippen LogP contribution in [0.1, 0.15) is 0 Å². The van der Waals surface area contributed by atoms with E-state index in [-0.39, 0.29) is 46.0 Å². The first-order valence-corrected chi connectivity index (χ1v) is 28.3. The number of hydrogen-bond donors (Lipinski definition) is 0. The Morgan fingerprint density at radius 1 is 0.219 bits per heavy atom. The normalized spacial score (nSPS) is 11.9. The molecular weight excluding hydrogens is 1020 g/mol. The lowest BCUT2D eigenvalue weighted by Crippen LogP contribution is -2.42. The van der Waals surface area contributed by atoms with Crippen LogP contribution in [0, 0.1) is 5.41 Å². The second kappa shape index (κ2) is 25.0. The van der Waals surface area contributed by atoms with Crippen molar-refractivity contribution in [1.29, 1.82) is 0 Å². The van der Waals surface area contributed by atoms with Crippen molar-refractivity contribution < 1.29 is 72.5 Å². The van der Waals surface area contributed by atoms with Gasteiger partial charge in [-0.1, -0.05) is 146 Å². The predicted octanol–water partition coefficient (Wildman–Crippen LogP) is 15.1. The minimum absolute atomic E-state index is 0.0854. The van der Waals surface area contributed by atoms with Gasteiger partial charge in [0, 0.05) is 0 Å². The van der Waals surface area contributed by atoms with Crippen molar-refractivity contribution in [3.8, 4) is 46.0 Å². The van der Waals surface area contributed by atoms with Crippen LogP contribution in [0.5, 0.6) is 46.0 Å². The van der Waals surface area contributed by atoms with E-state index in [0.717, 1.165) is 0 Å². The van der Waals surface area contributed by atoms with Crippen molar-refractivity contribution >= 4 is 31.3 Å². The molecule has 0 aliphatic rings. The summed E-state index contributed by atoms with van der Waals surface area (Å²) in [6, 6.07) is 64.6. The van der Waals surface area contributed by atoms with Gasteiger partial charge in [-0.2, -0.15) is 0 Å². The van der Waals surface area contributed by atoms with E-state index in [0.29, 0.717) is 0 Å². The number of phosphoric ester groups is 4. The molecule has 0 saturated carbocycles. The zero-order chi connectivity index (χ0) is 50.7. The maximum Gasteiger partial charge on any atom is 0.587 e. The minimum atomic E-state index is -4.84. The highest BCUT2D eigenvalue weighted by Gasteiger charge is 2.48. The fourth-order valence-corrected chi connectivity index (χ4v) is 11.6. The van der Waals surface area contributed by atoms with Crippen molar-refractivity contribution in [2.24, 2.45) is 5.41 Å². The largest absolute Gasteiger partial charge is 0.587 e. The van der Waals surface area contributed by atoms with Crippen LogP contribution in [0.2, 0.25) is 0 Å². The van der Waals surface area contributed by atoms with Crippen molar-refractivity contribution in [2.45, 2.75) is 0 Å². The quantitative estimate of drug-likeness (QED) is 0.0422. The summed E-state index contributed by atoms with van der Waals surface area (Å²) in [7, 11) is -19.4. The summed E-state index contributed by atoms with van der Waals surface area (Å²) >= 11 is 0. The molecule has 0 amide bonds. The van der Waals surface area contributed by atoms with Gasteiger partial charge in [0.25, 0.3) is 0 Å². The van der Waals surface area contributed by atoms with Crippen LogP contribution < -0.4 is 36.2 Å². The van der Waals surface area contributed by atoms with Crippen molar-refractivity contribution in [2.75, 3.05) is 26.4 Å². The molecule has 0 fully saturated rings. The maximum atomic E-state index is 15.1. The molecule has 0 radical (unpaired) electrons. The summed E-state index contributed by atoms with van der Waals surface area (Å²) in [5, 5.41) is 0. The van der Waals surface area contributed by atoms with Gasteiger partial charge in [-0.05, 0) is 97.1 Å². The van der Waals surface area contributed by atoms with E-state index in [1.165, 1.54) is 97.1 Å². The molecule has 8 rings (SSSR count). The number of hydrogen-bond acceptors (Lipinski definition) is 16. The number of phosphoric acid groups is 4. The molecule has 0 unspecified atom stereocenters. The summed E-state index contributed by atoms with van der Waals surface area (Å²) in [6.45, 7) is -3.52. The van der Waals surface area contributed by atoms with Gasteiger partial charge in [-0.25, -0.2) is 18.3 Å². The van der Waals surface area contributed by atoms with Gasteiger partial charge in [0.2, 0.25) is 0 Å². The van der Waals surface area contributed by atoms with E-state index in [4.69, 9.17) is 54.3 Å². The summed E-state index contributed by atoms with van der Waals surface area (Å²) in [6.07, 6.45) is 0. The van der Waals surface area contributed by atoms with Crippen LogP contribution in [-0.2, 0) is 36.4 Å². The molecule has 0 N–H and O–H groups in total. The molecule has 0 aliphatic heterocycles. The standard InChI is InChI=1S/C53H48O16P4/c54-70(62-45-25-9-1-10-26-45,63-46-27-11-2-12-28-46)58-41-53(42-59-71(55,64-47-29-13-3-14-30-47)65-48-31-15-4-16-32-48,43-60-72(56,66-49-33-17-5-18-34-49)67-50-35-19-6-20-36-50)44-61-73(57,68-51-37-21-7-22-38-51)69-52-39-23-8-24-40-52/h1-40H,41-44H2. The molecule has 8 aromatic rings. The fraction of sp³-hybridized carbons (Fsp3) is 0.0943. The minimum Gasteiger partial charge on any atom is -0.395 e. The molecule has 0 atom stereocenters. The van der Waals surface area contributed by atoms with E-state index in [2.05, 4.69) is 0 Å². The maximum absolute atomic E-state index is 15.1. The number of benzene rings is 8. The molecular formula is C53H48O16P4. The first kappa shape index (κ1) is 52.2. The predicted molar refractivity (Wildman–Crippen MR) is 273 cm³/mol. The Morgan fingerprint density at radius 3 is 0.466 bits per heavy atom. The van der Waals surface area contributed by atoms with Crippen LogP contribution in [0.25, 0.3) is 0 Å². The number of para-hydroxylation sites is 8. The first-order valence-electron chi connectivity index (χ1n) is 22.4. The fourth-order valence-electron chi connectivity index (χ4n) is 6.28. The van der Waals surface area contributed by atoms with Gasteiger partial charge in [0.15, 0.2) is 0 Å². The topological polar surface area (TPSA) is 179 Å².